The first kappa shape index (κ1) is 14.2. The van der Waals surface area contributed by atoms with Crippen LogP contribution in [0.15, 0.2) is 18.3 Å². The molecule has 0 saturated carbocycles. The topological polar surface area (TPSA) is 60.5 Å². The molecule has 0 saturated heterocycles. The Labute approximate surface area is 105 Å². The SMILES string of the molecule is CC(C)(C)OC(=O)Nc1ncccc1OCCF. The van der Waals surface area contributed by atoms with Crippen molar-refractivity contribution in [1.29, 1.82) is 0 Å². The molecule has 1 rings (SSSR count). The van der Waals surface area contributed by atoms with Crippen molar-refractivity contribution < 1.29 is 18.7 Å². The first-order valence-corrected chi connectivity index (χ1v) is 5.56. The minimum Gasteiger partial charge on any atom is -0.487 e. The Morgan fingerprint density at radius 2 is 2.22 bits per heavy atom. The van der Waals surface area contributed by atoms with Crippen LogP contribution in [0.4, 0.5) is 15.0 Å². The van der Waals surface area contributed by atoms with Gasteiger partial charge in [0.1, 0.15) is 18.9 Å². The Kier molecular flexibility index (Phi) is 4.88. The summed E-state index contributed by atoms with van der Waals surface area (Å²) in [5.41, 5.74) is -0.598. The molecule has 0 radical (unpaired) electrons. The molecule has 1 aromatic rings. The van der Waals surface area contributed by atoms with Gasteiger partial charge in [-0.15, -0.1) is 0 Å². The van der Waals surface area contributed by atoms with Gasteiger partial charge in [0.25, 0.3) is 0 Å². The van der Waals surface area contributed by atoms with Crippen LogP contribution >= 0.6 is 0 Å². The second-order valence-electron chi connectivity index (χ2n) is 4.51. The van der Waals surface area contributed by atoms with Gasteiger partial charge in [-0.3, -0.25) is 5.32 Å². The van der Waals surface area contributed by atoms with Crippen LogP contribution in [-0.4, -0.2) is 30.0 Å². The summed E-state index contributed by atoms with van der Waals surface area (Å²) in [6, 6.07) is 3.23. The van der Waals surface area contributed by atoms with Crippen LogP contribution in [0.2, 0.25) is 0 Å². The van der Waals surface area contributed by atoms with Crippen LogP contribution in [0.25, 0.3) is 0 Å². The number of nitrogens with one attached hydrogen (secondary N) is 1. The summed E-state index contributed by atoms with van der Waals surface area (Å²) in [6.07, 6.45) is 0.862. The predicted octanol–water partition coefficient (Wildman–Crippen LogP) is 2.78. The van der Waals surface area contributed by atoms with Crippen molar-refractivity contribution in [2.75, 3.05) is 18.6 Å². The molecule has 5 nitrogen and oxygen atoms in total. The van der Waals surface area contributed by atoms with E-state index < -0.39 is 18.4 Å². The van der Waals surface area contributed by atoms with Crippen LogP contribution in [0, 0.1) is 0 Å². The number of carbonyl (C=O) groups is 1. The number of carbonyl (C=O) groups excluding carboxylic acids is 1. The molecule has 0 spiro atoms. The van der Waals surface area contributed by atoms with Crippen molar-refractivity contribution in [2.45, 2.75) is 26.4 Å². The van der Waals surface area contributed by atoms with E-state index in [1.807, 2.05) is 0 Å². The van der Waals surface area contributed by atoms with E-state index in [4.69, 9.17) is 9.47 Å². The van der Waals surface area contributed by atoms with Gasteiger partial charge in [0.2, 0.25) is 0 Å². The summed E-state index contributed by atoms with van der Waals surface area (Å²) in [4.78, 5) is 15.5. The second kappa shape index (κ2) is 6.18. The zero-order valence-corrected chi connectivity index (χ0v) is 10.7. The monoisotopic (exact) mass is 256 g/mol. The first-order chi connectivity index (χ1) is 8.42. The third-order valence-corrected chi connectivity index (χ3v) is 1.72. The Balaban J connectivity index is 2.68. The third kappa shape index (κ3) is 4.99. The molecule has 6 heteroatoms. The third-order valence-electron chi connectivity index (χ3n) is 1.72. The molecule has 1 N–H and O–H groups in total. The highest BCUT2D eigenvalue weighted by atomic mass is 19.1. The number of hydrogen-bond donors (Lipinski definition) is 1. The number of pyridine rings is 1. The van der Waals surface area contributed by atoms with Gasteiger partial charge in [-0.2, -0.15) is 0 Å². The molecule has 1 heterocycles. The van der Waals surface area contributed by atoms with E-state index in [2.05, 4.69) is 10.3 Å². The molecule has 0 aliphatic heterocycles. The molecule has 18 heavy (non-hydrogen) atoms. The summed E-state index contributed by atoms with van der Waals surface area (Å²) >= 11 is 0. The highest BCUT2D eigenvalue weighted by Crippen LogP contribution is 2.21. The number of alkyl halides is 1. The second-order valence-corrected chi connectivity index (χ2v) is 4.51. The van der Waals surface area contributed by atoms with Crippen molar-refractivity contribution in [3.05, 3.63) is 18.3 Å². The molecule has 0 unspecified atom stereocenters. The Bertz CT molecular complexity index is 405. The quantitative estimate of drug-likeness (QED) is 0.899. The summed E-state index contributed by atoms with van der Waals surface area (Å²) in [6.45, 7) is 4.57. The van der Waals surface area contributed by atoms with Gasteiger partial charge in [-0.25, -0.2) is 14.2 Å². The van der Waals surface area contributed by atoms with E-state index in [0.29, 0.717) is 5.75 Å². The fourth-order valence-electron chi connectivity index (χ4n) is 1.15. The Morgan fingerprint density at radius 3 is 2.83 bits per heavy atom. The van der Waals surface area contributed by atoms with Crippen LogP contribution in [0.1, 0.15) is 20.8 Å². The fourth-order valence-corrected chi connectivity index (χ4v) is 1.15. The zero-order chi connectivity index (χ0) is 13.6. The maximum absolute atomic E-state index is 12.0. The van der Waals surface area contributed by atoms with Crippen molar-refractivity contribution in [2.24, 2.45) is 0 Å². The van der Waals surface area contributed by atoms with Gasteiger partial charge in [0.05, 0.1) is 0 Å². The number of ether oxygens (including phenoxy) is 2. The molecular formula is C12H17FN2O3. The number of anilines is 1. The number of rotatable bonds is 4. The molecule has 0 fully saturated rings. The molecule has 100 valence electrons. The van der Waals surface area contributed by atoms with E-state index in [1.54, 1.807) is 32.9 Å². The molecule has 0 aromatic carbocycles. The number of amides is 1. The van der Waals surface area contributed by atoms with E-state index >= 15 is 0 Å². The zero-order valence-electron chi connectivity index (χ0n) is 10.7. The molecular weight excluding hydrogens is 239 g/mol. The van der Waals surface area contributed by atoms with Crippen molar-refractivity contribution in [3.63, 3.8) is 0 Å². The van der Waals surface area contributed by atoms with Crippen molar-refractivity contribution >= 4 is 11.9 Å². The van der Waals surface area contributed by atoms with Gasteiger partial charge < -0.3 is 9.47 Å². The number of halogens is 1. The summed E-state index contributed by atoms with van der Waals surface area (Å²) in [7, 11) is 0. The maximum atomic E-state index is 12.0. The lowest BCUT2D eigenvalue weighted by molar-refractivity contribution is 0.0634. The Morgan fingerprint density at radius 1 is 1.50 bits per heavy atom. The molecule has 0 atom stereocenters. The maximum Gasteiger partial charge on any atom is 0.413 e. The number of nitrogens with zero attached hydrogens (tertiary/aromatic N) is 1. The van der Waals surface area contributed by atoms with Crippen LogP contribution in [0.5, 0.6) is 5.75 Å². The van der Waals surface area contributed by atoms with E-state index in [-0.39, 0.29) is 12.4 Å². The van der Waals surface area contributed by atoms with E-state index in [1.165, 1.54) is 6.20 Å². The highest BCUT2D eigenvalue weighted by Gasteiger charge is 2.17. The van der Waals surface area contributed by atoms with Crippen LogP contribution < -0.4 is 10.1 Å². The first-order valence-electron chi connectivity index (χ1n) is 5.56. The smallest absolute Gasteiger partial charge is 0.413 e. The summed E-state index contributed by atoms with van der Waals surface area (Å²) in [5.74, 6) is 0.515. The number of hydrogen-bond acceptors (Lipinski definition) is 4. The molecule has 0 aliphatic rings. The van der Waals surface area contributed by atoms with Gasteiger partial charge in [-0.05, 0) is 32.9 Å². The average molecular weight is 256 g/mol. The Hall–Kier alpha value is -1.85. The van der Waals surface area contributed by atoms with Gasteiger partial charge in [0, 0.05) is 6.20 Å². The normalized spacial score (nSPS) is 10.9. The molecule has 1 aromatic heterocycles. The lowest BCUT2D eigenvalue weighted by Crippen LogP contribution is -2.27. The minimum absolute atomic E-state index is 0.0886. The average Bonchev–Trinajstić information content (AvgIpc) is 2.25. The van der Waals surface area contributed by atoms with Gasteiger partial charge >= 0.3 is 6.09 Å². The van der Waals surface area contributed by atoms with E-state index in [9.17, 15) is 9.18 Å². The lowest BCUT2D eigenvalue weighted by atomic mass is 10.2. The lowest BCUT2D eigenvalue weighted by Gasteiger charge is -2.20. The standard InChI is InChI=1S/C12H17FN2O3/c1-12(2,3)18-11(16)15-10-9(17-8-6-13)5-4-7-14-10/h4-5,7H,6,8H2,1-3H3,(H,14,15,16). The minimum atomic E-state index is -0.633. The van der Waals surface area contributed by atoms with E-state index in [0.717, 1.165) is 0 Å². The number of aromatic nitrogens is 1. The molecule has 0 bridgehead atoms. The highest BCUT2D eigenvalue weighted by molar-refractivity contribution is 5.85. The van der Waals surface area contributed by atoms with Gasteiger partial charge in [-0.1, -0.05) is 0 Å². The van der Waals surface area contributed by atoms with Crippen molar-refractivity contribution in [3.8, 4) is 5.75 Å². The molecule has 1 amide bonds. The molecule has 0 aliphatic carbocycles. The van der Waals surface area contributed by atoms with Crippen molar-refractivity contribution in [1.82, 2.24) is 4.98 Å². The van der Waals surface area contributed by atoms with Crippen LogP contribution in [0.3, 0.4) is 0 Å². The van der Waals surface area contributed by atoms with Gasteiger partial charge in [0.15, 0.2) is 11.6 Å². The fraction of sp³-hybridized carbons (Fsp3) is 0.500. The van der Waals surface area contributed by atoms with Crippen LogP contribution in [-0.2, 0) is 4.74 Å². The summed E-state index contributed by atoms with van der Waals surface area (Å²) in [5, 5.41) is 2.46. The summed E-state index contributed by atoms with van der Waals surface area (Å²) < 4.78 is 22.2. The predicted molar refractivity (Wildman–Crippen MR) is 65.6 cm³/mol. The largest absolute Gasteiger partial charge is 0.487 e.